The summed E-state index contributed by atoms with van der Waals surface area (Å²) in [5.41, 5.74) is -0.584. The van der Waals surface area contributed by atoms with Gasteiger partial charge in [-0.25, -0.2) is 9.59 Å². The van der Waals surface area contributed by atoms with Gasteiger partial charge in [0, 0.05) is 12.5 Å². The van der Waals surface area contributed by atoms with Gasteiger partial charge < -0.3 is 9.47 Å². The first kappa shape index (κ1) is 15.5. The van der Waals surface area contributed by atoms with Crippen LogP contribution >= 0.6 is 0 Å². The summed E-state index contributed by atoms with van der Waals surface area (Å²) in [6.45, 7) is 9.63. The quantitative estimate of drug-likeness (QED) is 0.570. The van der Waals surface area contributed by atoms with E-state index in [1.165, 1.54) is 12.0 Å². The van der Waals surface area contributed by atoms with Crippen LogP contribution in [0.2, 0.25) is 0 Å². The third-order valence-electron chi connectivity index (χ3n) is 3.05. The molecule has 5 heteroatoms. The molecule has 1 saturated heterocycles. The molecular weight excluding hydrogens is 246 g/mol. The standard InChI is InChI=1S/C14H23NO4/c1-6-10-8-7-9-15(11(10)12(16)18-5)13(17)19-14(2,3)4/h6,10-11H,1,7-9H2,2-5H3. The minimum Gasteiger partial charge on any atom is -0.467 e. The maximum Gasteiger partial charge on any atom is 0.411 e. The van der Waals surface area contributed by atoms with Crippen molar-refractivity contribution in [3.63, 3.8) is 0 Å². The summed E-state index contributed by atoms with van der Waals surface area (Å²) in [6, 6.07) is -0.633. The molecule has 0 radical (unpaired) electrons. The first-order valence-electron chi connectivity index (χ1n) is 6.50. The number of carbonyl (C=O) groups is 2. The molecule has 2 atom stereocenters. The molecule has 0 saturated carbocycles. The van der Waals surface area contributed by atoms with Crippen LogP contribution < -0.4 is 0 Å². The van der Waals surface area contributed by atoms with Crippen LogP contribution in [-0.2, 0) is 14.3 Å². The number of hydrogen-bond donors (Lipinski definition) is 0. The Balaban J connectivity index is 2.91. The SMILES string of the molecule is C=CC1CCCN(C(=O)OC(C)(C)C)C1C(=O)OC. The van der Waals surface area contributed by atoms with Gasteiger partial charge in [-0.15, -0.1) is 6.58 Å². The minimum absolute atomic E-state index is 0.0891. The number of likely N-dealkylation sites (tertiary alicyclic amines) is 1. The van der Waals surface area contributed by atoms with Crippen molar-refractivity contribution in [3.8, 4) is 0 Å². The van der Waals surface area contributed by atoms with Gasteiger partial charge in [-0.3, -0.25) is 4.90 Å². The Hall–Kier alpha value is -1.52. The van der Waals surface area contributed by atoms with E-state index < -0.39 is 23.7 Å². The number of carbonyl (C=O) groups excluding carboxylic acids is 2. The summed E-state index contributed by atoms with van der Waals surface area (Å²) in [7, 11) is 1.32. The summed E-state index contributed by atoms with van der Waals surface area (Å²) >= 11 is 0. The van der Waals surface area contributed by atoms with Crippen LogP contribution in [0.4, 0.5) is 4.79 Å². The largest absolute Gasteiger partial charge is 0.467 e. The Bertz CT molecular complexity index is 359. The van der Waals surface area contributed by atoms with Gasteiger partial charge in [-0.05, 0) is 33.6 Å². The van der Waals surface area contributed by atoms with Crippen molar-refractivity contribution in [3.05, 3.63) is 12.7 Å². The highest BCUT2D eigenvalue weighted by Crippen LogP contribution is 2.27. The normalized spacial score (nSPS) is 23.7. The van der Waals surface area contributed by atoms with Crippen molar-refractivity contribution >= 4 is 12.1 Å². The lowest BCUT2D eigenvalue weighted by atomic mass is 9.89. The molecular formula is C14H23NO4. The second-order valence-corrected chi connectivity index (χ2v) is 5.68. The predicted octanol–water partition coefficient (Wildman–Crippen LogP) is 2.36. The topological polar surface area (TPSA) is 55.8 Å². The van der Waals surface area contributed by atoms with Gasteiger partial charge in [0.05, 0.1) is 7.11 Å². The van der Waals surface area contributed by atoms with E-state index >= 15 is 0 Å². The number of nitrogens with zero attached hydrogens (tertiary/aromatic N) is 1. The highest BCUT2D eigenvalue weighted by Gasteiger charge is 2.40. The van der Waals surface area contributed by atoms with Crippen LogP contribution in [0.3, 0.4) is 0 Å². The van der Waals surface area contributed by atoms with Crippen LogP contribution in [0.5, 0.6) is 0 Å². The molecule has 0 aromatic carbocycles. The third kappa shape index (κ3) is 3.98. The maximum absolute atomic E-state index is 12.2. The highest BCUT2D eigenvalue weighted by molar-refractivity contribution is 5.82. The van der Waals surface area contributed by atoms with E-state index in [-0.39, 0.29) is 5.92 Å². The molecule has 1 heterocycles. The summed E-state index contributed by atoms with van der Waals surface area (Å²) in [4.78, 5) is 25.5. The fourth-order valence-corrected chi connectivity index (χ4v) is 2.22. The van der Waals surface area contributed by atoms with Crippen LogP contribution in [0.15, 0.2) is 12.7 Å². The van der Waals surface area contributed by atoms with Crippen molar-refractivity contribution in [1.82, 2.24) is 4.90 Å². The van der Waals surface area contributed by atoms with Crippen LogP contribution in [0.25, 0.3) is 0 Å². The molecule has 0 spiro atoms. The molecule has 0 aliphatic carbocycles. The molecule has 0 bridgehead atoms. The monoisotopic (exact) mass is 269 g/mol. The Morgan fingerprint density at radius 2 is 2.00 bits per heavy atom. The molecule has 5 nitrogen and oxygen atoms in total. The van der Waals surface area contributed by atoms with E-state index in [0.29, 0.717) is 6.54 Å². The zero-order valence-electron chi connectivity index (χ0n) is 12.1. The second kappa shape index (κ2) is 6.08. The molecule has 0 aromatic heterocycles. The molecule has 0 N–H and O–H groups in total. The van der Waals surface area contributed by atoms with Crippen molar-refractivity contribution < 1.29 is 19.1 Å². The summed E-state index contributed by atoms with van der Waals surface area (Å²) < 4.78 is 10.1. The van der Waals surface area contributed by atoms with Crippen molar-refractivity contribution in [2.24, 2.45) is 5.92 Å². The molecule has 0 aromatic rings. The van der Waals surface area contributed by atoms with E-state index in [2.05, 4.69) is 6.58 Å². The lowest BCUT2D eigenvalue weighted by Gasteiger charge is -2.38. The Morgan fingerprint density at radius 3 is 2.47 bits per heavy atom. The van der Waals surface area contributed by atoms with Crippen LogP contribution in [0, 0.1) is 5.92 Å². The Morgan fingerprint density at radius 1 is 1.37 bits per heavy atom. The Labute approximate surface area is 114 Å². The second-order valence-electron chi connectivity index (χ2n) is 5.68. The molecule has 1 amide bonds. The third-order valence-corrected chi connectivity index (χ3v) is 3.05. The Kier molecular flexibility index (Phi) is 4.97. The summed E-state index contributed by atoms with van der Waals surface area (Å²) in [5, 5.41) is 0. The number of amides is 1. The molecule has 1 aliphatic heterocycles. The van der Waals surface area contributed by atoms with Gasteiger partial charge in [-0.1, -0.05) is 6.08 Å². The number of methoxy groups -OCH3 is 1. The minimum atomic E-state index is -0.633. The van der Waals surface area contributed by atoms with Gasteiger partial charge >= 0.3 is 12.1 Å². The van der Waals surface area contributed by atoms with Gasteiger partial charge in [0.1, 0.15) is 11.6 Å². The fourth-order valence-electron chi connectivity index (χ4n) is 2.22. The number of piperidine rings is 1. The molecule has 1 rings (SSSR count). The molecule has 108 valence electrons. The molecule has 19 heavy (non-hydrogen) atoms. The number of hydrogen-bond acceptors (Lipinski definition) is 4. The molecule has 1 fully saturated rings. The zero-order valence-corrected chi connectivity index (χ0v) is 12.1. The van der Waals surface area contributed by atoms with E-state index in [9.17, 15) is 9.59 Å². The first-order chi connectivity index (χ1) is 8.80. The average molecular weight is 269 g/mol. The smallest absolute Gasteiger partial charge is 0.411 e. The van der Waals surface area contributed by atoms with Gasteiger partial charge in [0.15, 0.2) is 0 Å². The zero-order chi connectivity index (χ0) is 14.6. The molecule has 1 aliphatic rings. The number of ether oxygens (including phenoxy) is 2. The van der Waals surface area contributed by atoms with E-state index in [1.807, 2.05) is 0 Å². The van der Waals surface area contributed by atoms with E-state index in [0.717, 1.165) is 12.8 Å². The van der Waals surface area contributed by atoms with Crippen molar-refractivity contribution in [2.75, 3.05) is 13.7 Å². The van der Waals surface area contributed by atoms with Crippen LogP contribution in [0.1, 0.15) is 33.6 Å². The lowest BCUT2D eigenvalue weighted by Crippen LogP contribution is -2.53. The van der Waals surface area contributed by atoms with Gasteiger partial charge in [0.2, 0.25) is 0 Å². The van der Waals surface area contributed by atoms with E-state index in [4.69, 9.17) is 9.47 Å². The molecule has 2 unspecified atom stereocenters. The predicted molar refractivity (Wildman–Crippen MR) is 71.7 cm³/mol. The van der Waals surface area contributed by atoms with Crippen molar-refractivity contribution in [2.45, 2.75) is 45.3 Å². The first-order valence-corrected chi connectivity index (χ1v) is 6.50. The number of rotatable bonds is 2. The maximum atomic E-state index is 12.2. The van der Waals surface area contributed by atoms with E-state index in [1.54, 1.807) is 26.8 Å². The average Bonchev–Trinajstić information content (AvgIpc) is 2.34. The summed E-state index contributed by atoms with van der Waals surface area (Å²) in [5.74, 6) is -0.510. The summed E-state index contributed by atoms with van der Waals surface area (Å²) in [6.07, 6.45) is 2.87. The van der Waals surface area contributed by atoms with Crippen LogP contribution in [-0.4, -0.2) is 42.3 Å². The lowest BCUT2D eigenvalue weighted by molar-refractivity contribution is -0.149. The fraction of sp³-hybridized carbons (Fsp3) is 0.714. The highest BCUT2D eigenvalue weighted by atomic mass is 16.6. The van der Waals surface area contributed by atoms with Gasteiger partial charge in [-0.2, -0.15) is 0 Å². The van der Waals surface area contributed by atoms with Gasteiger partial charge in [0.25, 0.3) is 0 Å². The number of esters is 1. The van der Waals surface area contributed by atoms with Crippen molar-refractivity contribution in [1.29, 1.82) is 0 Å².